The lowest BCUT2D eigenvalue weighted by Gasteiger charge is -2.27. The second kappa shape index (κ2) is 12.1. The van der Waals surface area contributed by atoms with Gasteiger partial charge >= 0.3 is 0 Å². The number of hydrogen-bond acceptors (Lipinski definition) is 0. The molecule has 0 aliphatic carbocycles. The highest BCUT2D eigenvalue weighted by molar-refractivity contribution is 7.71. The van der Waals surface area contributed by atoms with Gasteiger partial charge < -0.3 is 0 Å². The fraction of sp³-hybridized carbons (Fsp3) is 0.333. The van der Waals surface area contributed by atoms with Crippen molar-refractivity contribution >= 4 is 39.7 Å². The molecular formula is C27H33P3. The molecule has 4 rings (SSSR count). The number of benzene rings is 3. The average Bonchev–Trinajstić information content (AvgIpc) is 2.81. The van der Waals surface area contributed by atoms with Gasteiger partial charge in [0, 0.05) is 0 Å². The molecule has 0 saturated carbocycles. The van der Waals surface area contributed by atoms with E-state index in [9.17, 15) is 0 Å². The molecule has 3 aromatic carbocycles. The van der Waals surface area contributed by atoms with Crippen LogP contribution in [0.4, 0.5) is 0 Å². The minimum Gasteiger partial charge on any atom is -0.0750 e. The van der Waals surface area contributed by atoms with Gasteiger partial charge in [-0.15, -0.1) is 0 Å². The lowest BCUT2D eigenvalue weighted by molar-refractivity contribution is 0.780. The summed E-state index contributed by atoms with van der Waals surface area (Å²) in [6, 6.07) is 34.3. The minimum atomic E-state index is -0.0615. The first-order valence-electron chi connectivity index (χ1n) is 11.3. The Bertz CT molecular complexity index is 798. The van der Waals surface area contributed by atoms with Crippen LogP contribution in [-0.2, 0) is 0 Å². The Labute approximate surface area is 186 Å². The SMILES string of the molecule is c1ccc(P2CCCCCP(c3ccccc3)CCP(c3ccccc3)CC2)cc1. The van der Waals surface area contributed by atoms with E-state index in [4.69, 9.17) is 0 Å². The predicted molar refractivity (Wildman–Crippen MR) is 142 cm³/mol. The summed E-state index contributed by atoms with van der Waals surface area (Å²) in [6.07, 6.45) is 12.7. The minimum absolute atomic E-state index is 0.0103. The van der Waals surface area contributed by atoms with Gasteiger partial charge in [0.1, 0.15) is 0 Å². The van der Waals surface area contributed by atoms with Crippen LogP contribution >= 0.6 is 23.8 Å². The molecule has 0 nitrogen and oxygen atoms in total. The van der Waals surface area contributed by atoms with Crippen molar-refractivity contribution in [3.8, 4) is 0 Å². The maximum absolute atomic E-state index is 2.40. The van der Waals surface area contributed by atoms with Crippen molar-refractivity contribution in [2.75, 3.05) is 37.0 Å². The highest BCUT2D eigenvalue weighted by Crippen LogP contribution is 2.46. The molecule has 0 amide bonds. The standard InChI is InChI=1S/C27H33P3/c1-5-13-25(14-6-1)28-19-11-4-12-20-29(26-15-7-2-8-16-26)22-24-30(23-21-28)27-17-9-3-10-18-27/h1-3,5-10,13-18H,4,11-12,19-24H2. The Hall–Kier alpha value is -1.05. The smallest absolute Gasteiger partial charge is 0.0240 e. The third kappa shape index (κ3) is 6.47. The summed E-state index contributed by atoms with van der Waals surface area (Å²) in [5, 5.41) is 4.87. The van der Waals surface area contributed by atoms with Crippen LogP contribution in [0.5, 0.6) is 0 Å². The summed E-state index contributed by atoms with van der Waals surface area (Å²) >= 11 is 0. The molecule has 156 valence electrons. The zero-order chi connectivity index (χ0) is 20.4. The van der Waals surface area contributed by atoms with E-state index in [1.807, 2.05) is 0 Å². The first-order valence-corrected chi connectivity index (χ1v) is 16.4. The van der Waals surface area contributed by atoms with Crippen molar-refractivity contribution in [3.63, 3.8) is 0 Å². The van der Waals surface area contributed by atoms with Crippen LogP contribution in [-0.4, -0.2) is 37.0 Å². The quantitative estimate of drug-likeness (QED) is 0.395. The van der Waals surface area contributed by atoms with Crippen molar-refractivity contribution in [3.05, 3.63) is 91.0 Å². The lowest BCUT2D eigenvalue weighted by atomic mass is 10.3. The van der Waals surface area contributed by atoms with Gasteiger partial charge in [0.25, 0.3) is 0 Å². The molecule has 2 atom stereocenters. The molecule has 1 fully saturated rings. The third-order valence-electron chi connectivity index (χ3n) is 6.00. The fourth-order valence-corrected chi connectivity index (χ4v) is 13.4. The molecule has 1 heterocycles. The lowest BCUT2D eigenvalue weighted by Crippen LogP contribution is -2.16. The summed E-state index contributed by atoms with van der Waals surface area (Å²) in [7, 11) is -0.0820. The molecule has 1 saturated heterocycles. The van der Waals surface area contributed by atoms with Crippen molar-refractivity contribution in [2.24, 2.45) is 0 Å². The van der Waals surface area contributed by atoms with Crippen molar-refractivity contribution in [2.45, 2.75) is 19.3 Å². The molecule has 3 heteroatoms. The summed E-state index contributed by atoms with van der Waals surface area (Å²) in [4.78, 5) is 0. The topological polar surface area (TPSA) is 0 Å². The van der Waals surface area contributed by atoms with Crippen LogP contribution in [0.15, 0.2) is 91.0 Å². The maximum atomic E-state index is 2.40. The van der Waals surface area contributed by atoms with Gasteiger partial charge in [-0.25, -0.2) is 0 Å². The second-order valence-electron chi connectivity index (χ2n) is 8.03. The highest BCUT2D eigenvalue weighted by atomic mass is 31.1. The molecule has 30 heavy (non-hydrogen) atoms. The summed E-state index contributed by atoms with van der Waals surface area (Å²) in [5.74, 6) is 0. The van der Waals surface area contributed by atoms with E-state index in [1.54, 1.807) is 15.9 Å². The Morgan fingerprint density at radius 3 is 0.967 bits per heavy atom. The molecule has 1 aliphatic heterocycles. The molecular weight excluding hydrogens is 417 g/mol. The maximum Gasteiger partial charge on any atom is -0.0240 e. The fourth-order valence-electron chi connectivity index (χ4n) is 4.29. The van der Waals surface area contributed by atoms with Crippen molar-refractivity contribution in [1.29, 1.82) is 0 Å². The van der Waals surface area contributed by atoms with Crippen molar-refractivity contribution in [1.82, 2.24) is 0 Å². The van der Waals surface area contributed by atoms with Gasteiger partial charge in [-0.05, 0) is 65.7 Å². The van der Waals surface area contributed by atoms with E-state index in [1.165, 1.54) is 56.2 Å². The van der Waals surface area contributed by atoms with E-state index in [2.05, 4.69) is 91.0 Å². The zero-order valence-electron chi connectivity index (χ0n) is 17.9. The first-order chi connectivity index (χ1) is 14.9. The van der Waals surface area contributed by atoms with E-state index < -0.39 is 0 Å². The normalized spacial score (nSPS) is 23.8. The molecule has 3 aromatic rings. The van der Waals surface area contributed by atoms with Crippen molar-refractivity contribution < 1.29 is 0 Å². The summed E-state index contributed by atoms with van der Waals surface area (Å²) < 4.78 is 0. The van der Waals surface area contributed by atoms with E-state index in [-0.39, 0.29) is 23.8 Å². The van der Waals surface area contributed by atoms with Gasteiger partial charge in [-0.2, -0.15) is 0 Å². The van der Waals surface area contributed by atoms with E-state index in [0.717, 1.165) is 0 Å². The van der Waals surface area contributed by atoms with Crippen LogP contribution in [0.2, 0.25) is 0 Å². The van der Waals surface area contributed by atoms with Gasteiger partial charge in [0.2, 0.25) is 0 Å². The third-order valence-corrected chi connectivity index (χ3v) is 14.6. The first kappa shape index (κ1) is 22.2. The van der Waals surface area contributed by atoms with Gasteiger partial charge in [-0.3, -0.25) is 0 Å². The monoisotopic (exact) mass is 450 g/mol. The largest absolute Gasteiger partial charge is 0.0750 e. The number of rotatable bonds is 3. The van der Waals surface area contributed by atoms with Crippen LogP contribution in [0.25, 0.3) is 0 Å². The number of hydrogen-bond donors (Lipinski definition) is 0. The Balaban J connectivity index is 1.53. The molecule has 0 spiro atoms. The van der Waals surface area contributed by atoms with Crippen LogP contribution in [0.1, 0.15) is 19.3 Å². The summed E-state index contributed by atoms with van der Waals surface area (Å²) in [6.45, 7) is 0. The van der Waals surface area contributed by atoms with Crippen LogP contribution in [0, 0.1) is 0 Å². The molecule has 0 aromatic heterocycles. The second-order valence-corrected chi connectivity index (χ2v) is 15.5. The van der Waals surface area contributed by atoms with Gasteiger partial charge in [0.05, 0.1) is 0 Å². The molecule has 0 N–H and O–H groups in total. The highest BCUT2D eigenvalue weighted by Gasteiger charge is 2.20. The Morgan fingerprint density at radius 2 is 0.633 bits per heavy atom. The van der Waals surface area contributed by atoms with E-state index in [0.29, 0.717) is 0 Å². The molecule has 0 bridgehead atoms. The molecule has 1 aliphatic rings. The van der Waals surface area contributed by atoms with Crippen LogP contribution < -0.4 is 15.9 Å². The molecule has 0 radical (unpaired) electrons. The van der Waals surface area contributed by atoms with Crippen LogP contribution in [0.3, 0.4) is 0 Å². The van der Waals surface area contributed by atoms with Gasteiger partial charge in [-0.1, -0.05) is 121 Å². The Kier molecular flexibility index (Phi) is 8.94. The Morgan fingerprint density at radius 1 is 0.333 bits per heavy atom. The summed E-state index contributed by atoms with van der Waals surface area (Å²) in [5.41, 5.74) is 0. The average molecular weight is 450 g/mol. The van der Waals surface area contributed by atoms with Gasteiger partial charge in [0.15, 0.2) is 0 Å². The van der Waals surface area contributed by atoms with E-state index >= 15 is 0 Å². The molecule has 2 unspecified atom stereocenters. The zero-order valence-corrected chi connectivity index (χ0v) is 20.5. The predicted octanol–water partition coefficient (Wildman–Crippen LogP) is 6.59.